The summed E-state index contributed by atoms with van der Waals surface area (Å²) in [5, 5.41) is 19.1. The molecule has 2 amide bonds. The van der Waals surface area contributed by atoms with Crippen LogP contribution in [0.1, 0.15) is 32.6 Å². The number of hydrogen-bond donors (Lipinski definition) is 2. The predicted octanol–water partition coefficient (Wildman–Crippen LogP) is 0.253. The molecule has 3 fully saturated rings. The molecule has 2 N–H and O–H groups in total. The number of nitrogens with zero attached hydrogens (tertiary/aromatic N) is 2. The summed E-state index contributed by atoms with van der Waals surface area (Å²) in [5.74, 6) is -3.52. The molecule has 1 spiro atoms. The van der Waals surface area contributed by atoms with Crippen molar-refractivity contribution in [2.24, 2.45) is 11.8 Å². The van der Waals surface area contributed by atoms with E-state index in [1.165, 1.54) is 4.90 Å². The number of aliphatic hydroxyl groups excluding tert-OH is 1. The minimum absolute atomic E-state index is 0.0104. The molecular formula is C19H28N2O6. The number of β-amino-alcohol motifs (C(OH)–C–C–N with tert-alkyl or cyclic N) is 1. The van der Waals surface area contributed by atoms with Gasteiger partial charge in [0, 0.05) is 19.6 Å². The first kappa shape index (κ1) is 19.8. The third-order valence-electron chi connectivity index (χ3n) is 6.10. The smallest absolute Gasteiger partial charge is 0.310 e. The van der Waals surface area contributed by atoms with Crippen LogP contribution in [0.2, 0.25) is 0 Å². The summed E-state index contributed by atoms with van der Waals surface area (Å²) >= 11 is 0. The first-order chi connectivity index (χ1) is 12.9. The molecule has 8 nitrogen and oxygen atoms in total. The van der Waals surface area contributed by atoms with E-state index in [1.54, 1.807) is 11.0 Å². The molecular weight excluding hydrogens is 352 g/mol. The first-order valence-electron chi connectivity index (χ1n) is 9.64. The van der Waals surface area contributed by atoms with E-state index < -0.39 is 41.5 Å². The number of carbonyl (C=O) groups excluding carboxylic acids is 2. The Morgan fingerprint density at radius 2 is 2.22 bits per heavy atom. The van der Waals surface area contributed by atoms with Crippen LogP contribution < -0.4 is 0 Å². The summed E-state index contributed by atoms with van der Waals surface area (Å²) in [6, 6.07) is -0.895. The van der Waals surface area contributed by atoms with Gasteiger partial charge in [-0.15, -0.1) is 6.58 Å². The van der Waals surface area contributed by atoms with Crippen molar-refractivity contribution in [2.75, 3.05) is 26.2 Å². The lowest BCUT2D eigenvalue weighted by Gasteiger charge is -2.36. The lowest BCUT2D eigenvalue weighted by molar-refractivity contribution is -0.151. The third kappa shape index (κ3) is 2.95. The summed E-state index contributed by atoms with van der Waals surface area (Å²) in [7, 11) is 0. The van der Waals surface area contributed by atoms with Crippen LogP contribution in [-0.2, 0) is 19.1 Å². The van der Waals surface area contributed by atoms with E-state index in [4.69, 9.17) is 4.74 Å². The van der Waals surface area contributed by atoms with Crippen molar-refractivity contribution in [3.63, 3.8) is 0 Å². The Kier molecular flexibility index (Phi) is 5.58. The van der Waals surface area contributed by atoms with Crippen molar-refractivity contribution >= 4 is 17.8 Å². The Labute approximate surface area is 158 Å². The molecule has 3 aliphatic heterocycles. The zero-order chi connectivity index (χ0) is 19.8. The maximum Gasteiger partial charge on any atom is 0.310 e. The fourth-order valence-electron chi connectivity index (χ4n) is 5.03. The number of rotatable bonds is 9. The second-order valence-corrected chi connectivity index (χ2v) is 7.58. The zero-order valence-corrected chi connectivity index (χ0v) is 15.7. The Bertz CT molecular complexity index is 638. The number of aliphatic hydroxyl groups is 1. The van der Waals surface area contributed by atoms with Gasteiger partial charge < -0.3 is 24.7 Å². The van der Waals surface area contributed by atoms with Crippen LogP contribution in [0.4, 0.5) is 0 Å². The molecule has 3 rings (SSSR count). The second-order valence-electron chi connectivity index (χ2n) is 7.58. The highest BCUT2D eigenvalue weighted by atomic mass is 16.5. The summed E-state index contributed by atoms with van der Waals surface area (Å²) < 4.78 is 6.07. The van der Waals surface area contributed by atoms with Gasteiger partial charge in [0.25, 0.3) is 0 Å². The van der Waals surface area contributed by atoms with Gasteiger partial charge in [0.1, 0.15) is 11.6 Å². The Balaban J connectivity index is 1.98. The van der Waals surface area contributed by atoms with E-state index in [2.05, 4.69) is 6.58 Å². The number of carboxylic acid groups (broad SMARTS) is 1. The van der Waals surface area contributed by atoms with Gasteiger partial charge in [0.05, 0.1) is 24.5 Å². The lowest BCUT2D eigenvalue weighted by Crippen LogP contribution is -2.56. The van der Waals surface area contributed by atoms with E-state index in [1.807, 2.05) is 6.92 Å². The highest BCUT2D eigenvalue weighted by molar-refractivity contribution is 5.98. The molecule has 0 aromatic carbocycles. The third-order valence-corrected chi connectivity index (χ3v) is 6.10. The quantitative estimate of drug-likeness (QED) is 0.556. The molecule has 3 saturated heterocycles. The normalized spacial score (nSPS) is 34.0. The Hall–Kier alpha value is -1.93. The molecule has 0 unspecified atom stereocenters. The van der Waals surface area contributed by atoms with Crippen LogP contribution in [0.5, 0.6) is 0 Å². The van der Waals surface area contributed by atoms with E-state index in [0.29, 0.717) is 25.9 Å². The number of carboxylic acids is 1. The molecule has 5 atom stereocenters. The minimum Gasteiger partial charge on any atom is -0.481 e. The molecule has 150 valence electrons. The van der Waals surface area contributed by atoms with Crippen LogP contribution in [0.25, 0.3) is 0 Å². The standard InChI is InChI=1S/C19H28N2O6/c1-3-5-9-20(8-4-2)17(24)15-19-7-6-12(27-19)13(18(25)26)14(19)16(23)21(15)10-11-22/h4,12-15,22H,2-3,5-11H2,1H3,(H,25,26)/t12-,13+,14+,15-,19+/m0/s1. The number of unbranched alkanes of at least 4 members (excludes halogenated alkanes) is 1. The average Bonchev–Trinajstić information content (AvgIpc) is 3.26. The first-order valence-corrected chi connectivity index (χ1v) is 9.64. The van der Waals surface area contributed by atoms with Crippen LogP contribution in [0.15, 0.2) is 12.7 Å². The minimum atomic E-state index is -1.11. The summed E-state index contributed by atoms with van der Waals surface area (Å²) in [6.07, 6.45) is 3.84. The molecule has 2 bridgehead atoms. The molecule has 27 heavy (non-hydrogen) atoms. The summed E-state index contributed by atoms with van der Waals surface area (Å²) in [5.41, 5.74) is -1.11. The van der Waals surface area contributed by atoms with Crippen LogP contribution in [0.3, 0.4) is 0 Å². The van der Waals surface area contributed by atoms with E-state index in [9.17, 15) is 24.6 Å². The highest BCUT2D eigenvalue weighted by Crippen LogP contribution is 2.58. The van der Waals surface area contributed by atoms with Crippen molar-refractivity contribution in [3.05, 3.63) is 12.7 Å². The van der Waals surface area contributed by atoms with Gasteiger partial charge in [-0.3, -0.25) is 14.4 Å². The van der Waals surface area contributed by atoms with Gasteiger partial charge in [-0.1, -0.05) is 19.4 Å². The van der Waals surface area contributed by atoms with E-state index >= 15 is 0 Å². The molecule has 0 radical (unpaired) electrons. The van der Waals surface area contributed by atoms with Crippen LogP contribution in [0, 0.1) is 11.8 Å². The van der Waals surface area contributed by atoms with Crippen molar-refractivity contribution in [3.8, 4) is 0 Å². The van der Waals surface area contributed by atoms with Crippen molar-refractivity contribution < 1.29 is 29.3 Å². The molecule has 0 aromatic rings. The Morgan fingerprint density at radius 1 is 1.48 bits per heavy atom. The SMILES string of the molecule is C=CCN(CCCC)C(=O)[C@@H]1N(CCO)C(=O)[C@H]2[C@H](C(=O)O)[C@@H]3CC[C@]12O3. The van der Waals surface area contributed by atoms with Gasteiger partial charge in [0.2, 0.25) is 11.8 Å². The number of fused-ring (bicyclic) bond motifs is 1. The highest BCUT2D eigenvalue weighted by Gasteiger charge is 2.74. The summed E-state index contributed by atoms with van der Waals surface area (Å²) in [4.78, 5) is 41.3. The Morgan fingerprint density at radius 3 is 2.81 bits per heavy atom. The van der Waals surface area contributed by atoms with Gasteiger partial charge >= 0.3 is 5.97 Å². The van der Waals surface area contributed by atoms with Crippen molar-refractivity contribution in [1.82, 2.24) is 9.80 Å². The fraction of sp³-hybridized carbons (Fsp3) is 0.737. The fourth-order valence-corrected chi connectivity index (χ4v) is 5.03. The van der Waals surface area contributed by atoms with Crippen molar-refractivity contribution in [1.29, 1.82) is 0 Å². The molecule has 0 saturated carbocycles. The van der Waals surface area contributed by atoms with Gasteiger partial charge in [-0.2, -0.15) is 0 Å². The number of carbonyl (C=O) groups is 3. The van der Waals surface area contributed by atoms with E-state index in [0.717, 1.165) is 12.8 Å². The number of hydrogen-bond acceptors (Lipinski definition) is 5. The monoisotopic (exact) mass is 380 g/mol. The number of amides is 2. The average molecular weight is 380 g/mol. The maximum atomic E-state index is 13.4. The molecule has 3 heterocycles. The van der Waals surface area contributed by atoms with Crippen LogP contribution in [-0.4, -0.2) is 81.8 Å². The molecule has 0 aliphatic carbocycles. The largest absolute Gasteiger partial charge is 0.481 e. The van der Waals surface area contributed by atoms with E-state index in [-0.39, 0.29) is 19.1 Å². The summed E-state index contributed by atoms with van der Waals surface area (Å²) in [6.45, 7) is 6.32. The van der Waals surface area contributed by atoms with Gasteiger partial charge in [-0.05, 0) is 19.3 Å². The lowest BCUT2D eigenvalue weighted by atomic mass is 9.70. The topological polar surface area (TPSA) is 107 Å². The maximum absolute atomic E-state index is 13.4. The van der Waals surface area contributed by atoms with Crippen molar-refractivity contribution in [2.45, 2.75) is 50.4 Å². The molecule has 3 aliphatic rings. The molecule has 8 heteroatoms. The number of aliphatic carboxylic acids is 1. The van der Waals surface area contributed by atoms with Gasteiger partial charge in [0.15, 0.2) is 0 Å². The predicted molar refractivity (Wildman–Crippen MR) is 95.7 cm³/mol. The second kappa shape index (κ2) is 7.59. The number of likely N-dealkylation sites (tertiary alicyclic amines) is 1. The van der Waals surface area contributed by atoms with Gasteiger partial charge in [-0.25, -0.2) is 0 Å². The van der Waals surface area contributed by atoms with Crippen LogP contribution >= 0.6 is 0 Å². The molecule has 0 aromatic heterocycles. The number of ether oxygens (including phenoxy) is 1. The zero-order valence-electron chi connectivity index (χ0n) is 15.7.